The molecule has 0 aromatic heterocycles. The first-order valence-corrected chi connectivity index (χ1v) is 10.1. The summed E-state index contributed by atoms with van der Waals surface area (Å²) in [5.74, 6) is -5.53. The van der Waals surface area contributed by atoms with Crippen LogP contribution in [0.1, 0.15) is 18.9 Å². The maximum Gasteiger partial charge on any atom is 0.326 e. The Labute approximate surface area is 194 Å². The zero-order chi connectivity index (χ0) is 26.0. The lowest BCUT2D eigenvalue weighted by molar-refractivity contribution is -0.144. The minimum atomic E-state index is -1.69. The van der Waals surface area contributed by atoms with Gasteiger partial charge in [-0.1, -0.05) is 12.1 Å². The van der Waals surface area contributed by atoms with E-state index in [-0.39, 0.29) is 12.2 Å². The first-order chi connectivity index (χ1) is 15.8. The van der Waals surface area contributed by atoms with E-state index in [0.29, 0.717) is 5.56 Å². The molecule has 5 atom stereocenters. The molecular weight excluding hydrogens is 454 g/mol. The number of nitrogens with one attached hydrogen (secondary N) is 3. The van der Waals surface area contributed by atoms with Crippen LogP contribution < -0.4 is 27.4 Å². The van der Waals surface area contributed by atoms with Crippen LogP contribution in [0.2, 0.25) is 0 Å². The van der Waals surface area contributed by atoms with Crippen LogP contribution in [0.4, 0.5) is 0 Å². The second-order valence-corrected chi connectivity index (χ2v) is 7.52. The molecule has 11 N–H and O–H groups in total. The third-order valence-corrected chi connectivity index (χ3v) is 4.63. The lowest BCUT2D eigenvalue weighted by atomic mass is 10.0. The molecule has 14 heteroatoms. The van der Waals surface area contributed by atoms with E-state index in [0.717, 1.165) is 0 Å². The molecule has 0 fully saturated rings. The first-order valence-electron chi connectivity index (χ1n) is 10.1. The van der Waals surface area contributed by atoms with E-state index in [2.05, 4.69) is 10.6 Å². The number of carbonyl (C=O) groups is 5. The van der Waals surface area contributed by atoms with Gasteiger partial charge in [0.05, 0.1) is 25.2 Å². The van der Waals surface area contributed by atoms with Crippen LogP contribution in [0.5, 0.6) is 5.75 Å². The van der Waals surface area contributed by atoms with Gasteiger partial charge in [-0.05, 0) is 31.0 Å². The molecule has 5 unspecified atom stereocenters. The average molecular weight is 483 g/mol. The first kappa shape index (κ1) is 28.3. The molecule has 1 aromatic carbocycles. The number of primary amides is 1. The summed E-state index contributed by atoms with van der Waals surface area (Å²) in [6, 6.07) is -0.133. The van der Waals surface area contributed by atoms with E-state index in [1.54, 1.807) is 12.1 Å². The SMILES string of the molecule is CC(O)C(NC(=O)C(N)Cc1ccc(O)cc1)C(=O)NC(CO)C(=O)NC(CC(N)=O)C(=O)O. The van der Waals surface area contributed by atoms with E-state index in [1.807, 2.05) is 5.32 Å². The molecule has 0 heterocycles. The van der Waals surface area contributed by atoms with E-state index in [4.69, 9.17) is 16.6 Å². The van der Waals surface area contributed by atoms with Gasteiger partial charge in [0.25, 0.3) is 0 Å². The largest absolute Gasteiger partial charge is 0.508 e. The molecule has 0 spiro atoms. The topological polar surface area (TPSA) is 254 Å². The minimum Gasteiger partial charge on any atom is -0.508 e. The number of aromatic hydroxyl groups is 1. The number of phenolic OH excluding ortho intramolecular Hbond substituents is 1. The van der Waals surface area contributed by atoms with Crippen molar-refractivity contribution in [3.63, 3.8) is 0 Å². The Balaban J connectivity index is 2.81. The molecule has 188 valence electrons. The van der Waals surface area contributed by atoms with Gasteiger partial charge in [0.2, 0.25) is 23.6 Å². The molecule has 0 bridgehead atoms. The number of carboxylic acid groups (broad SMARTS) is 1. The second kappa shape index (κ2) is 13.1. The predicted molar refractivity (Wildman–Crippen MR) is 116 cm³/mol. The highest BCUT2D eigenvalue weighted by molar-refractivity contribution is 5.95. The Hall–Kier alpha value is -3.75. The van der Waals surface area contributed by atoms with Crippen molar-refractivity contribution in [3.8, 4) is 5.75 Å². The lowest BCUT2D eigenvalue weighted by Crippen LogP contribution is -2.60. The number of rotatable bonds is 13. The molecule has 0 saturated carbocycles. The second-order valence-electron chi connectivity index (χ2n) is 7.52. The van der Waals surface area contributed by atoms with Gasteiger partial charge in [-0.3, -0.25) is 19.2 Å². The monoisotopic (exact) mass is 483 g/mol. The van der Waals surface area contributed by atoms with Crippen molar-refractivity contribution in [1.82, 2.24) is 16.0 Å². The van der Waals surface area contributed by atoms with Crippen molar-refractivity contribution in [2.75, 3.05) is 6.61 Å². The van der Waals surface area contributed by atoms with Crippen LogP contribution in [0.3, 0.4) is 0 Å². The number of hydrogen-bond acceptors (Lipinski definition) is 9. The van der Waals surface area contributed by atoms with E-state index < -0.39 is 72.9 Å². The molecule has 1 aromatic rings. The zero-order valence-corrected chi connectivity index (χ0v) is 18.3. The summed E-state index contributed by atoms with van der Waals surface area (Å²) in [7, 11) is 0. The van der Waals surface area contributed by atoms with Gasteiger partial charge < -0.3 is 47.8 Å². The van der Waals surface area contributed by atoms with Crippen LogP contribution in [0, 0.1) is 0 Å². The van der Waals surface area contributed by atoms with Crippen LogP contribution in [0.25, 0.3) is 0 Å². The zero-order valence-electron chi connectivity index (χ0n) is 18.3. The standard InChI is InChI=1S/C20H29N5O9/c1-9(27)16(25-17(30)12(21)6-10-2-4-11(28)5-3-10)19(32)24-14(8-26)18(31)23-13(20(33)34)7-15(22)29/h2-5,9,12-14,16,26-28H,6-8,21H2,1H3,(H2,22,29)(H,23,31)(H,24,32)(H,25,30)(H,33,34). The normalized spacial score (nSPS) is 15.2. The molecule has 0 aliphatic carbocycles. The molecule has 0 aliphatic heterocycles. The van der Waals surface area contributed by atoms with Crippen LogP contribution in [-0.2, 0) is 30.4 Å². The number of aliphatic hydroxyl groups excluding tert-OH is 2. The number of amides is 4. The maximum atomic E-state index is 12.6. The number of nitrogens with two attached hydrogens (primary N) is 2. The summed E-state index contributed by atoms with van der Waals surface area (Å²) in [5.41, 5.74) is 11.4. The highest BCUT2D eigenvalue weighted by atomic mass is 16.4. The highest BCUT2D eigenvalue weighted by Gasteiger charge is 2.32. The van der Waals surface area contributed by atoms with Crippen molar-refractivity contribution in [2.45, 2.75) is 50.0 Å². The van der Waals surface area contributed by atoms with Crippen molar-refractivity contribution < 1.29 is 44.4 Å². The molecule has 14 nitrogen and oxygen atoms in total. The number of hydrogen-bond donors (Lipinski definition) is 9. The quantitative estimate of drug-likeness (QED) is 0.131. The molecule has 0 aliphatic rings. The fourth-order valence-corrected chi connectivity index (χ4v) is 2.77. The van der Waals surface area contributed by atoms with Gasteiger partial charge >= 0.3 is 5.97 Å². The fraction of sp³-hybridized carbons (Fsp3) is 0.450. The Bertz CT molecular complexity index is 891. The van der Waals surface area contributed by atoms with Gasteiger partial charge in [0.15, 0.2) is 0 Å². The third-order valence-electron chi connectivity index (χ3n) is 4.63. The Kier molecular flexibility index (Phi) is 10.9. The van der Waals surface area contributed by atoms with Crippen molar-refractivity contribution in [3.05, 3.63) is 29.8 Å². The molecular formula is C20H29N5O9. The summed E-state index contributed by atoms with van der Waals surface area (Å²) < 4.78 is 0. The summed E-state index contributed by atoms with van der Waals surface area (Å²) in [6.45, 7) is 0.235. The molecule has 0 radical (unpaired) electrons. The Morgan fingerprint density at radius 2 is 1.50 bits per heavy atom. The van der Waals surface area contributed by atoms with E-state index in [9.17, 15) is 39.3 Å². The summed E-state index contributed by atoms with van der Waals surface area (Å²) >= 11 is 0. The smallest absolute Gasteiger partial charge is 0.326 e. The summed E-state index contributed by atoms with van der Waals surface area (Å²) in [4.78, 5) is 59.4. The van der Waals surface area contributed by atoms with Gasteiger partial charge in [-0.25, -0.2) is 4.79 Å². The Morgan fingerprint density at radius 1 is 0.941 bits per heavy atom. The third kappa shape index (κ3) is 9.01. The Morgan fingerprint density at radius 3 is 1.97 bits per heavy atom. The molecule has 1 rings (SSSR count). The van der Waals surface area contributed by atoms with Crippen LogP contribution >= 0.6 is 0 Å². The van der Waals surface area contributed by atoms with Gasteiger partial charge in [-0.15, -0.1) is 0 Å². The lowest BCUT2D eigenvalue weighted by Gasteiger charge is -2.25. The minimum absolute atomic E-state index is 0.0272. The predicted octanol–water partition coefficient (Wildman–Crippen LogP) is -3.95. The van der Waals surface area contributed by atoms with E-state index in [1.165, 1.54) is 19.1 Å². The number of aliphatic carboxylic acids is 1. The molecule has 34 heavy (non-hydrogen) atoms. The van der Waals surface area contributed by atoms with Gasteiger partial charge in [0, 0.05) is 0 Å². The van der Waals surface area contributed by atoms with Crippen LogP contribution in [0.15, 0.2) is 24.3 Å². The molecule has 4 amide bonds. The van der Waals surface area contributed by atoms with Gasteiger partial charge in [0.1, 0.15) is 23.9 Å². The van der Waals surface area contributed by atoms with Crippen molar-refractivity contribution >= 4 is 29.6 Å². The molecule has 0 saturated heterocycles. The van der Waals surface area contributed by atoms with E-state index >= 15 is 0 Å². The number of aliphatic hydroxyl groups is 2. The number of carboxylic acids is 1. The van der Waals surface area contributed by atoms with Crippen LogP contribution in [-0.4, -0.2) is 86.9 Å². The highest BCUT2D eigenvalue weighted by Crippen LogP contribution is 2.11. The average Bonchev–Trinajstić information content (AvgIpc) is 2.75. The fourth-order valence-electron chi connectivity index (χ4n) is 2.77. The summed E-state index contributed by atoms with van der Waals surface area (Å²) in [5, 5.41) is 44.1. The van der Waals surface area contributed by atoms with Crippen molar-refractivity contribution in [1.29, 1.82) is 0 Å². The number of benzene rings is 1. The van der Waals surface area contributed by atoms with Gasteiger partial charge in [-0.2, -0.15) is 0 Å². The number of carbonyl (C=O) groups excluding carboxylic acids is 4. The summed E-state index contributed by atoms with van der Waals surface area (Å²) in [6.07, 6.45) is -2.11. The number of phenols is 1. The maximum absolute atomic E-state index is 12.6. The van der Waals surface area contributed by atoms with Crippen molar-refractivity contribution in [2.24, 2.45) is 11.5 Å².